The first-order valence-corrected chi connectivity index (χ1v) is 4.01. The molecule has 1 saturated carbocycles. The average molecular weight is 178 g/mol. The second kappa shape index (κ2) is 3.37. The summed E-state index contributed by atoms with van der Waals surface area (Å²) in [6.45, 7) is 3.41. The Kier molecular flexibility index (Phi) is 2.65. The number of carbonyl (C=O) groups is 1. The van der Waals surface area contributed by atoms with E-state index in [1.165, 1.54) is 0 Å². The largest absolute Gasteiger partial charge is 0.463 e. The molecule has 0 bridgehead atoms. The molecule has 2 nitrogen and oxygen atoms in total. The Labute approximate surface area is 69.9 Å². The summed E-state index contributed by atoms with van der Waals surface area (Å²) < 4.78 is 28.7. The van der Waals surface area contributed by atoms with Crippen LogP contribution in [-0.2, 0) is 9.53 Å². The second-order valence-corrected chi connectivity index (χ2v) is 3.33. The fraction of sp³-hybridized carbons (Fsp3) is 0.875. The Balaban J connectivity index is 2.29. The maximum absolute atomic E-state index is 12.0. The minimum Gasteiger partial charge on any atom is -0.463 e. The van der Waals surface area contributed by atoms with E-state index in [4.69, 9.17) is 4.74 Å². The van der Waals surface area contributed by atoms with E-state index in [0.717, 1.165) is 0 Å². The van der Waals surface area contributed by atoms with Crippen LogP contribution in [0.25, 0.3) is 0 Å². The van der Waals surface area contributed by atoms with Gasteiger partial charge in [0.25, 0.3) is 0 Å². The predicted molar refractivity (Wildman–Crippen MR) is 38.8 cm³/mol. The van der Waals surface area contributed by atoms with Crippen molar-refractivity contribution in [3.8, 4) is 0 Å². The number of alkyl halides is 2. The van der Waals surface area contributed by atoms with Gasteiger partial charge in [0.2, 0.25) is 6.43 Å². The lowest BCUT2D eigenvalue weighted by Crippen LogP contribution is -2.15. The van der Waals surface area contributed by atoms with E-state index in [-0.39, 0.29) is 12.5 Å². The van der Waals surface area contributed by atoms with Crippen molar-refractivity contribution in [3.05, 3.63) is 0 Å². The van der Waals surface area contributed by atoms with E-state index in [1.807, 2.05) is 0 Å². The van der Waals surface area contributed by atoms with Gasteiger partial charge in [0.1, 0.15) is 0 Å². The van der Waals surface area contributed by atoms with E-state index in [1.54, 1.807) is 13.8 Å². The highest BCUT2D eigenvalue weighted by Gasteiger charge is 2.50. The normalized spacial score (nSPS) is 27.8. The number of esters is 1. The number of ether oxygens (including phenoxy) is 1. The van der Waals surface area contributed by atoms with Crippen molar-refractivity contribution in [1.82, 2.24) is 0 Å². The minimum absolute atomic E-state index is 0.212. The zero-order chi connectivity index (χ0) is 9.30. The van der Waals surface area contributed by atoms with Crippen LogP contribution in [0, 0.1) is 11.8 Å². The van der Waals surface area contributed by atoms with Gasteiger partial charge in [-0.15, -0.1) is 0 Å². The summed E-state index contributed by atoms with van der Waals surface area (Å²) in [5.41, 5.74) is 0. The van der Waals surface area contributed by atoms with Gasteiger partial charge in [0, 0.05) is 5.92 Å². The van der Waals surface area contributed by atoms with Crippen LogP contribution in [0.15, 0.2) is 0 Å². The van der Waals surface area contributed by atoms with Gasteiger partial charge in [-0.1, -0.05) is 0 Å². The zero-order valence-corrected chi connectivity index (χ0v) is 7.09. The average Bonchev–Trinajstić information content (AvgIpc) is 2.61. The SMILES string of the molecule is CC(C)OC(=O)C1CC1C(F)F. The third kappa shape index (κ3) is 2.16. The molecule has 0 N–H and O–H groups in total. The first-order valence-electron chi connectivity index (χ1n) is 4.01. The molecule has 0 amide bonds. The van der Waals surface area contributed by atoms with Crippen molar-refractivity contribution in [2.24, 2.45) is 11.8 Å². The topological polar surface area (TPSA) is 26.3 Å². The van der Waals surface area contributed by atoms with Crippen molar-refractivity contribution < 1.29 is 18.3 Å². The first kappa shape index (κ1) is 9.42. The smallest absolute Gasteiger partial charge is 0.309 e. The van der Waals surface area contributed by atoms with Gasteiger partial charge in [-0.2, -0.15) is 0 Å². The number of hydrogen-bond acceptors (Lipinski definition) is 2. The van der Waals surface area contributed by atoms with E-state index in [9.17, 15) is 13.6 Å². The van der Waals surface area contributed by atoms with Crippen LogP contribution in [0.1, 0.15) is 20.3 Å². The van der Waals surface area contributed by atoms with Crippen molar-refractivity contribution in [3.63, 3.8) is 0 Å². The van der Waals surface area contributed by atoms with Crippen LogP contribution in [0.4, 0.5) is 8.78 Å². The lowest BCUT2D eigenvalue weighted by Gasteiger charge is -2.06. The lowest BCUT2D eigenvalue weighted by atomic mass is 10.3. The fourth-order valence-corrected chi connectivity index (χ4v) is 1.08. The Bertz CT molecular complexity index is 180. The summed E-state index contributed by atoms with van der Waals surface area (Å²) >= 11 is 0. The third-order valence-electron chi connectivity index (χ3n) is 1.82. The standard InChI is InChI=1S/C8H12F2O2/c1-4(2)12-8(11)6-3-5(6)7(9)10/h4-7H,3H2,1-2H3. The first-order chi connectivity index (χ1) is 5.52. The molecule has 2 atom stereocenters. The molecule has 4 heteroatoms. The van der Waals surface area contributed by atoms with Crippen LogP contribution in [0.2, 0.25) is 0 Å². The molecule has 1 aliphatic carbocycles. The van der Waals surface area contributed by atoms with E-state index < -0.39 is 24.2 Å². The molecule has 2 unspecified atom stereocenters. The number of hydrogen-bond donors (Lipinski definition) is 0. The van der Waals surface area contributed by atoms with Gasteiger partial charge < -0.3 is 4.74 Å². The molecule has 70 valence electrons. The van der Waals surface area contributed by atoms with Gasteiger partial charge in [0.15, 0.2) is 0 Å². The molecular formula is C8H12F2O2. The highest BCUT2D eigenvalue weighted by Crippen LogP contribution is 2.43. The van der Waals surface area contributed by atoms with Crippen LogP contribution < -0.4 is 0 Å². The van der Waals surface area contributed by atoms with Crippen molar-refractivity contribution >= 4 is 5.97 Å². The maximum Gasteiger partial charge on any atom is 0.309 e. The number of rotatable bonds is 3. The maximum atomic E-state index is 12.0. The molecule has 1 fully saturated rings. The van der Waals surface area contributed by atoms with E-state index >= 15 is 0 Å². The molecule has 0 radical (unpaired) electrons. The monoisotopic (exact) mass is 178 g/mol. The fourth-order valence-electron chi connectivity index (χ4n) is 1.08. The highest BCUT2D eigenvalue weighted by atomic mass is 19.3. The van der Waals surface area contributed by atoms with Gasteiger partial charge >= 0.3 is 5.97 Å². The number of carbonyl (C=O) groups excluding carboxylic acids is 1. The molecule has 0 saturated heterocycles. The molecule has 1 rings (SSSR count). The van der Waals surface area contributed by atoms with Crippen LogP contribution >= 0.6 is 0 Å². The van der Waals surface area contributed by atoms with Gasteiger partial charge in [0.05, 0.1) is 12.0 Å². The van der Waals surface area contributed by atoms with E-state index in [0.29, 0.717) is 0 Å². The van der Waals surface area contributed by atoms with Gasteiger partial charge in [-0.05, 0) is 20.3 Å². The summed E-state index contributed by atoms with van der Waals surface area (Å²) in [4.78, 5) is 11.0. The summed E-state index contributed by atoms with van der Waals surface area (Å²) in [5, 5.41) is 0. The Hall–Kier alpha value is -0.670. The van der Waals surface area contributed by atoms with E-state index in [2.05, 4.69) is 0 Å². The summed E-state index contributed by atoms with van der Waals surface area (Å²) in [6, 6.07) is 0. The molecular weight excluding hydrogens is 166 g/mol. The Morgan fingerprint density at radius 2 is 2.08 bits per heavy atom. The lowest BCUT2D eigenvalue weighted by molar-refractivity contribution is -0.149. The third-order valence-corrected chi connectivity index (χ3v) is 1.82. The number of halogens is 2. The summed E-state index contributed by atoms with van der Waals surface area (Å²) in [7, 11) is 0. The summed E-state index contributed by atoms with van der Waals surface area (Å²) in [6.07, 6.45) is -2.31. The van der Waals surface area contributed by atoms with Gasteiger partial charge in [-0.3, -0.25) is 4.79 Å². The molecule has 1 aliphatic rings. The van der Waals surface area contributed by atoms with Crippen molar-refractivity contribution in [2.75, 3.05) is 0 Å². The minimum atomic E-state index is -2.38. The zero-order valence-electron chi connectivity index (χ0n) is 7.09. The highest BCUT2D eigenvalue weighted by molar-refractivity contribution is 5.75. The summed E-state index contributed by atoms with van der Waals surface area (Å²) in [5.74, 6) is -1.78. The molecule has 0 heterocycles. The quantitative estimate of drug-likeness (QED) is 0.616. The molecule has 12 heavy (non-hydrogen) atoms. The van der Waals surface area contributed by atoms with Crippen LogP contribution in [0.3, 0.4) is 0 Å². The van der Waals surface area contributed by atoms with Crippen molar-refractivity contribution in [2.45, 2.75) is 32.8 Å². The molecule has 0 spiro atoms. The molecule has 0 aromatic carbocycles. The Morgan fingerprint density at radius 3 is 2.42 bits per heavy atom. The predicted octanol–water partition coefficient (Wildman–Crippen LogP) is 1.84. The molecule has 0 aromatic rings. The Morgan fingerprint density at radius 1 is 1.50 bits per heavy atom. The van der Waals surface area contributed by atoms with Crippen molar-refractivity contribution in [1.29, 1.82) is 0 Å². The van der Waals surface area contributed by atoms with Crippen LogP contribution in [0.5, 0.6) is 0 Å². The van der Waals surface area contributed by atoms with Crippen LogP contribution in [-0.4, -0.2) is 18.5 Å². The molecule has 0 aromatic heterocycles. The second-order valence-electron chi connectivity index (χ2n) is 3.33. The van der Waals surface area contributed by atoms with Gasteiger partial charge in [-0.25, -0.2) is 8.78 Å². The molecule has 0 aliphatic heterocycles.